The van der Waals surface area contributed by atoms with Crippen molar-refractivity contribution in [2.45, 2.75) is 81.7 Å². The first-order valence-electron chi connectivity index (χ1n) is 24.3. The topological polar surface area (TPSA) is 456 Å². The Kier molecular flexibility index (Phi) is 23.9. The summed E-state index contributed by atoms with van der Waals surface area (Å²) in [6.07, 6.45) is -1.03. The number of guanidine groups is 1. The maximum Gasteiger partial charge on any atom is 0.299 e. The molecule has 4 rings (SSSR count). The Morgan fingerprint density at radius 1 is 0.603 bits per heavy atom. The third-order valence-corrected chi connectivity index (χ3v) is 11.6. The van der Waals surface area contributed by atoms with Gasteiger partial charge in [-0.15, -0.1) is 0 Å². The number of amides is 8. The largest absolute Gasteiger partial charge is 0.398 e. The molecule has 0 fully saturated rings. The van der Waals surface area contributed by atoms with Gasteiger partial charge >= 0.3 is 0 Å². The highest BCUT2D eigenvalue weighted by atomic mass is 16.6. The van der Waals surface area contributed by atoms with Gasteiger partial charge in [0.1, 0.15) is 41.9 Å². The molecule has 0 aliphatic carbocycles. The van der Waals surface area contributed by atoms with Crippen molar-refractivity contribution in [2.24, 2.45) is 22.2 Å². The smallest absolute Gasteiger partial charge is 0.299 e. The van der Waals surface area contributed by atoms with Crippen LogP contribution in [0.15, 0.2) is 108 Å². The van der Waals surface area contributed by atoms with Crippen molar-refractivity contribution < 1.29 is 53.3 Å². The van der Waals surface area contributed by atoms with E-state index in [1.165, 1.54) is 19.1 Å². The minimum absolute atomic E-state index is 0.0127. The first kappa shape index (κ1) is 60.8. The minimum Gasteiger partial charge on any atom is -0.398 e. The van der Waals surface area contributed by atoms with Crippen molar-refractivity contribution in [3.8, 4) is 0 Å². The van der Waals surface area contributed by atoms with Crippen LogP contribution in [-0.4, -0.2) is 131 Å². The number of hydrogen-bond acceptors (Lipinski definition) is 16. The predicted molar refractivity (Wildman–Crippen MR) is 284 cm³/mol. The number of rotatable bonds is 31. The summed E-state index contributed by atoms with van der Waals surface area (Å²) in [5, 5.41) is 53.5. The van der Waals surface area contributed by atoms with Gasteiger partial charge in [0.25, 0.3) is 17.3 Å². The number of nitro groups is 2. The molecule has 4 aromatic rings. The summed E-state index contributed by atoms with van der Waals surface area (Å²) in [5.41, 5.74) is 22.5. The van der Waals surface area contributed by atoms with Crippen molar-refractivity contribution in [1.29, 1.82) is 0 Å². The van der Waals surface area contributed by atoms with Crippen molar-refractivity contribution in [3.05, 3.63) is 140 Å². The fourth-order valence-electron chi connectivity index (χ4n) is 7.51. The van der Waals surface area contributed by atoms with Crippen LogP contribution in [0.3, 0.4) is 0 Å². The Hall–Kier alpha value is -9.73. The van der Waals surface area contributed by atoms with Crippen LogP contribution >= 0.6 is 0 Å². The average Bonchev–Trinajstić information content (AvgIpc) is 3.41. The second-order valence-corrected chi connectivity index (χ2v) is 17.5. The number of carbonyl (C=O) groups is 8. The second-order valence-electron chi connectivity index (χ2n) is 17.5. The highest BCUT2D eigenvalue weighted by Crippen LogP contribution is 2.28. The molecule has 0 saturated heterocycles. The van der Waals surface area contributed by atoms with Crippen LogP contribution in [0.5, 0.6) is 0 Å². The van der Waals surface area contributed by atoms with Crippen LogP contribution in [0, 0.1) is 20.2 Å². The fraction of sp³-hybridized carbons (Fsp3) is 0.340. The summed E-state index contributed by atoms with van der Waals surface area (Å²) in [6.45, 7) is 0.00729. The molecule has 8 amide bonds. The van der Waals surface area contributed by atoms with Gasteiger partial charge in [0.2, 0.25) is 41.4 Å². The number of aliphatic hydroxyl groups excluding tert-OH is 1. The van der Waals surface area contributed by atoms with E-state index in [0.29, 0.717) is 11.1 Å². The van der Waals surface area contributed by atoms with Gasteiger partial charge in [0, 0.05) is 50.7 Å². The summed E-state index contributed by atoms with van der Waals surface area (Å²) < 4.78 is 0. The Labute approximate surface area is 446 Å². The number of nitrogen functional groups attached to an aromatic ring is 1. The fourth-order valence-corrected chi connectivity index (χ4v) is 7.51. The van der Waals surface area contributed by atoms with Crippen molar-refractivity contribution in [2.75, 3.05) is 37.3 Å². The van der Waals surface area contributed by atoms with E-state index in [0.717, 1.165) is 18.2 Å². The molecule has 0 radical (unpaired) electrons. The maximum absolute atomic E-state index is 14.4. The molecule has 0 spiro atoms. The number of para-hydroxylation sites is 1. The minimum atomic E-state index is -1.77. The summed E-state index contributed by atoms with van der Waals surface area (Å²) in [6, 6.07) is 17.4. The highest BCUT2D eigenvalue weighted by molar-refractivity contribution is 6.02. The highest BCUT2D eigenvalue weighted by Gasteiger charge is 2.34. The Morgan fingerprint density at radius 3 is 1.65 bits per heavy atom. The molecule has 78 heavy (non-hydrogen) atoms. The van der Waals surface area contributed by atoms with Gasteiger partial charge in [-0.25, -0.2) is 0 Å². The second kappa shape index (κ2) is 30.6. The third kappa shape index (κ3) is 19.8. The number of non-ortho nitro benzene ring substituents is 1. The molecule has 0 aromatic heterocycles. The van der Waals surface area contributed by atoms with Gasteiger partial charge in [-0.2, -0.15) is 0 Å². The van der Waals surface area contributed by atoms with E-state index in [2.05, 4.69) is 47.5 Å². The summed E-state index contributed by atoms with van der Waals surface area (Å²) in [7, 11) is 0. The van der Waals surface area contributed by atoms with Crippen LogP contribution in [-0.2, 0) is 46.4 Å². The van der Waals surface area contributed by atoms with E-state index in [4.69, 9.17) is 22.9 Å². The van der Waals surface area contributed by atoms with Crippen LogP contribution in [0.1, 0.15) is 54.1 Å². The van der Waals surface area contributed by atoms with Gasteiger partial charge < -0.3 is 70.6 Å². The van der Waals surface area contributed by atoms with Gasteiger partial charge in [-0.3, -0.25) is 63.6 Å². The van der Waals surface area contributed by atoms with Crippen molar-refractivity contribution >= 4 is 76.0 Å². The lowest BCUT2D eigenvalue weighted by Crippen LogP contribution is -2.60. The van der Waals surface area contributed by atoms with Gasteiger partial charge in [0.05, 0.1) is 28.1 Å². The number of primary amides is 1. The first-order chi connectivity index (χ1) is 37.2. The van der Waals surface area contributed by atoms with Crippen LogP contribution in [0.25, 0.3) is 0 Å². The number of nitrogens with two attached hydrogens (primary N) is 4. The molecular formula is C50H63N15O13. The molecule has 0 bridgehead atoms. The van der Waals surface area contributed by atoms with E-state index >= 15 is 0 Å². The van der Waals surface area contributed by atoms with E-state index in [9.17, 15) is 63.7 Å². The molecular weight excluding hydrogens is 1020 g/mol. The molecule has 28 nitrogen and oxygen atoms in total. The summed E-state index contributed by atoms with van der Waals surface area (Å²) in [5.74, 6) is -7.19. The lowest BCUT2D eigenvalue weighted by atomic mass is 10.0. The predicted octanol–water partition coefficient (Wildman–Crippen LogP) is -1.35. The molecule has 4 aromatic carbocycles. The van der Waals surface area contributed by atoms with Gasteiger partial charge in [0.15, 0.2) is 5.96 Å². The molecule has 0 unspecified atom stereocenters. The Bertz CT molecular complexity index is 2800. The zero-order valence-electron chi connectivity index (χ0n) is 42.3. The lowest BCUT2D eigenvalue weighted by molar-refractivity contribution is -0.393. The zero-order valence-corrected chi connectivity index (χ0v) is 42.3. The number of aliphatic hydroxyl groups is 1. The molecule has 17 N–H and O–H groups in total. The van der Waals surface area contributed by atoms with Crippen molar-refractivity contribution in [1.82, 2.24) is 37.2 Å². The molecule has 0 aliphatic heterocycles. The SMILES string of the molecule is C[C@H](NC(=O)c1ccccc1N)C(=O)N[C@@H](Cc1ccccc1)C(=O)N[C@@H](CCCN=C(N)N)C(=O)N[C@@H](Cc1ccccc1)C(=O)N[C@@H](CO)C(=O)N[C@@H](CCC(N)=O)C(=O)NCCNc1ccc([N+](=O)[O-])cc1[N+](=O)[O-]. The average molecular weight is 1080 g/mol. The standard InChI is InChI=1S/C50H63N15O13/c1-29(58-44(69)33-15-8-9-16-34(33)51)43(68)61-38(25-30-11-4-2-5-12-30)47(72)59-36(17-10-22-57-50(53)54)46(71)62-39(26-31-13-6-3-7-14-31)48(73)63-40(28-66)49(74)60-37(20-21-42(52)67)45(70)56-24-23-55-35-19-18-32(64(75)76)27-41(35)65(77)78/h2-9,11-16,18-19,27,29,36-40,55,66H,10,17,20-26,28,51H2,1H3,(H2,52,67)(H,56,70)(H,58,69)(H,59,72)(H,60,74)(H,61,68)(H,62,71)(H,63,73)(H4,53,54,57)/t29-,36-,37-,38-,39-,40-/m0/s1. The van der Waals surface area contributed by atoms with E-state index in [1.807, 2.05) is 0 Å². The van der Waals surface area contributed by atoms with Gasteiger partial charge in [-0.1, -0.05) is 72.8 Å². The zero-order chi connectivity index (χ0) is 57.3. The van der Waals surface area contributed by atoms with Crippen molar-refractivity contribution in [3.63, 3.8) is 0 Å². The number of anilines is 2. The molecule has 0 heterocycles. The molecule has 416 valence electrons. The van der Waals surface area contributed by atoms with Crippen LogP contribution in [0.4, 0.5) is 22.7 Å². The number of nitro benzene ring substituents is 2. The normalized spacial score (nSPS) is 13.0. The number of hydrogen-bond donors (Lipinski definition) is 13. The number of benzene rings is 4. The quantitative estimate of drug-likeness (QED) is 0.00692. The number of aliphatic imine (C=N–C) groups is 1. The van der Waals surface area contributed by atoms with E-state index in [-0.39, 0.29) is 74.6 Å². The van der Waals surface area contributed by atoms with Crippen LogP contribution in [0.2, 0.25) is 0 Å². The summed E-state index contributed by atoms with van der Waals surface area (Å²) >= 11 is 0. The number of carbonyl (C=O) groups excluding carboxylic acids is 8. The third-order valence-electron chi connectivity index (χ3n) is 11.6. The molecule has 28 heteroatoms. The summed E-state index contributed by atoms with van der Waals surface area (Å²) in [4.78, 5) is 133. The molecule has 0 aliphatic rings. The number of nitrogens with zero attached hydrogens (tertiary/aromatic N) is 3. The monoisotopic (exact) mass is 1080 g/mol. The first-order valence-corrected chi connectivity index (χ1v) is 24.3. The molecule has 0 saturated carbocycles. The molecule has 6 atom stereocenters. The lowest BCUT2D eigenvalue weighted by Gasteiger charge is -2.27. The van der Waals surface area contributed by atoms with E-state index in [1.54, 1.807) is 72.8 Å². The van der Waals surface area contributed by atoms with Gasteiger partial charge in [-0.05, 0) is 55.5 Å². The maximum atomic E-state index is 14.4. The van der Waals surface area contributed by atoms with Crippen LogP contribution < -0.4 is 65.5 Å². The Morgan fingerprint density at radius 2 is 1.12 bits per heavy atom. The Balaban J connectivity index is 1.53. The van der Waals surface area contributed by atoms with E-state index < -0.39 is 118 Å². The number of nitrogens with one attached hydrogen (secondary N) is 8.